The normalized spacial score (nSPS) is 13.2. The molecular weight excluding hydrogens is 398 g/mol. The number of imide groups is 1. The van der Waals surface area contributed by atoms with E-state index in [1.165, 1.54) is 16.7 Å². The minimum Gasteiger partial charge on any atom is -0.411 e. The van der Waals surface area contributed by atoms with Gasteiger partial charge in [0, 0.05) is 22.9 Å². The number of nitrogens with zero attached hydrogens (tertiary/aromatic N) is 3. The second-order valence-electron chi connectivity index (χ2n) is 6.25. The molecule has 0 bridgehead atoms. The molecule has 0 N–H and O–H groups in total. The van der Waals surface area contributed by atoms with Crippen molar-refractivity contribution in [2.24, 2.45) is 0 Å². The highest BCUT2D eigenvalue weighted by Gasteiger charge is 2.34. The number of unbranched alkanes of at least 4 members (excludes halogenated alkanes) is 1. The highest BCUT2D eigenvalue weighted by molar-refractivity contribution is 7.99. The molecule has 142 valence electrons. The van der Waals surface area contributed by atoms with Gasteiger partial charge in [0.2, 0.25) is 5.89 Å². The predicted octanol–water partition coefficient (Wildman–Crippen LogP) is 4.56. The Morgan fingerprint density at radius 2 is 1.71 bits per heavy atom. The van der Waals surface area contributed by atoms with Crippen LogP contribution in [0.4, 0.5) is 0 Å². The van der Waals surface area contributed by atoms with Crippen LogP contribution in [0.1, 0.15) is 33.6 Å². The summed E-state index contributed by atoms with van der Waals surface area (Å²) in [5, 5.41) is 9.16. The molecule has 0 fully saturated rings. The second kappa shape index (κ2) is 8.16. The van der Waals surface area contributed by atoms with E-state index in [0.29, 0.717) is 40.2 Å². The first-order chi connectivity index (χ1) is 13.6. The Morgan fingerprint density at radius 1 is 0.964 bits per heavy atom. The number of rotatable bonds is 7. The Kier molecular flexibility index (Phi) is 5.45. The predicted molar refractivity (Wildman–Crippen MR) is 107 cm³/mol. The van der Waals surface area contributed by atoms with Crippen molar-refractivity contribution < 1.29 is 14.0 Å². The van der Waals surface area contributed by atoms with Crippen molar-refractivity contribution in [2.45, 2.75) is 18.1 Å². The van der Waals surface area contributed by atoms with Crippen LogP contribution in [0.15, 0.2) is 58.2 Å². The van der Waals surface area contributed by atoms with Crippen molar-refractivity contribution in [1.29, 1.82) is 0 Å². The van der Waals surface area contributed by atoms with Crippen LogP contribution in [0.5, 0.6) is 0 Å². The van der Waals surface area contributed by atoms with Crippen LogP contribution in [-0.2, 0) is 0 Å². The minimum absolute atomic E-state index is 0.212. The highest BCUT2D eigenvalue weighted by atomic mass is 35.5. The number of carbonyl (C=O) groups is 2. The van der Waals surface area contributed by atoms with E-state index in [-0.39, 0.29) is 11.8 Å². The molecule has 0 saturated heterocycles. The van der Waals surface area contributed by atoms with Crippen molar-refractivity contribution in [3.63, 3.8) is 0 Å². The van der Waals surface area contributed by atoms with E-state index in [0.717, 1.165) is 17.7 Å². The summed E-state index contributed by atoms with van der Waals surface area (Å²) in [6.07, 6.45) is 1.53. The van der Waals surface area contributed by atoms with Crippen LogP contribution in [-0.4, -0.2) is 39.2 Å². The van der Waals surface area contributed by atoms with Crippen LogP contribution in [0.2, 0.25) is 5.02 Å². The van der Waals surface area contributed by atoms with Crippen molar-refractivity contribution in [1.82, 2.24) is 15.1 Å². The van der Waals surface area contributed by atoms with Gasteiger partial charge in [-0.05, 0) is 43.2 Å². The smallest absolute Gasteiger partial charge is 0.276 e. The van der Waals surface area contributed by atoms with Crippen molar-refractivity contribution in [3.05, 3.63) is 64.7 Å². The Bertz CT molecular complexity index is 1000. The van der Waals surface area contributed by atoms with Crippen LogP contribution >= 0.6 is 23.4 Å². The number of benzene rings is 2. The number of hydrogen-bond donors (Lipinski definition) is 0. The zero-order chi connectivity index (χ0) is 19.5. The number of carbonyl (C=O) groups excluding carboxylic acids is 2. The molecule has 2 heterocycles. The van der Waals surface area contributed by atoms with Crippen molar-refractivity contribution in [3.8, 4) is 11.5 Å². The first-order valence-electron chi connectivity index (χ1n) is 8.81. The van der Waals surface area contributed by atoms with E-state index >= 15 is 0 Å². The summed E-state index contributed by atoms with van der Waals surface area (Å²) in [6, 6.07) is 14.2. The molecule has 4 rings (SSSR count). The molecule has 1 aliphatic rings. The van der Waals surface area contributed by atoms with Gasteiger partial charge in [-0.25, -0.2) is 0 Å². The Hall–Kier alpha value is -2.64. The molecule has 0 radical (unpaired) electrons. The first kappa shape index (κ1) is 18.7. The number of hydrogen-bond acceptors (Lipinski definition) is 6. The zero-order valence-corrected chi connectivity index (χ0v) is 16.4. The van der Waals surface area contributed by atoms with Crippen LogP contribution < -0.4 is 0 Å². The average Bonchev–Trinajstić information content (AvgIpc) is 3.27. The van der Waals surface area contributed by atoms with Crippen molar-refractivity contribution in [2.75, 3.05) is 12.3 Å². The third-order valence-corrected chi connectivity index (χ3v) is 5.50. The highest BCUT2D eigenvalue weighted by Crippen LogP contribution is 2.26. The van der Waals surface area contributed by atoms with E-state index < -0.39 is 0 Å². The summed E-state index contributed by atoms with van der Waals surface area (Å²) in [7, 11) is 0. The lowest BCUT2D eigenvalue weighted by molar-refractivity contribution is 0.0652. The number of thioether (sulfide) groups is 1. The fraction of sp³-hybridized carbons (Fsp3) is 0.200. The zero-order valence-electron chi connectivity index (χ0n) is 14.8. The Balaban J connectivity index is 1.25. The molecular formula is C20H16ClN3O3S. The maximum Gasteiger partial charge on any atom is 0.276 e. The lowest BCUT2D eigenvalue weighted by Gasteiger charge is -2.13. The monoisotopic (exact) mass is 413 g/mol. The van der Waals surface area contributed by atoms with Crippen LogP contribution in [0.3, 0.4) is 0 Å². The standard InChI is InChI=1S/C20H16ClN3O3S/c21-14-7-5-6-13(12-14)17-22-23-20(27-17)28-11-4-3-10-24-18(25)15-8-1-2-9-16(15)19(24)26/h1-2,5-9,12H,3-4,10-11H2. The molecule has 0 aliphatic carbocycles. The van der Waals surface area contributed by atoms with Gasteiger partial charge in [-0.3, -0.25) is 14.5 Å². The molecule has 1 aliphatic heterocycles. The summed E-state index contributed by atoms with van der Waals surface area (Å²) in [5.41, 5.74) is 1.75. The third kappa shape index (κ3) is 3.81. The molecule has 0 saturated carbocycles. The average molecular weight is 414 g/mol. The molecule has 0 unspecified atom stereocenters. The lowest BCUT2D eigenvalue weighted by atomic mass is 10.1. The molecule has 3 aromatic rings. The van der Waals surface area contributed by atoms with Crippen LogP contribution in [0, 0.1) is 0 Å². The van der Waals surface area contributed by atoms with E-state index in [2.05, 4.69) is 10.2 Å². The fourth-order valence-electron chi connectivity index (χ4n) is 2.98. The van der Waals surface area contributed by atoms with Gasteiger partial charge in [0.15, 0.2) is 0 Å². The number of halogens is 1. The van der Waals surface area contributed by atoms with Gasteiger partial charge < -0.3 is 4.42 Å². The van der Waals surface area contributed by atoms with Gasteiger partial charge in [-0.2, -0.15) is 0 Å². The molecule has 0 spiro atoms. The number of amides is 2. The van der Waals surface area contributed by atoms with Gasteiger partial charge in [-0.15, -0.1) is 10.2 Å². The summed E-state index contributed by atoms with van der Waals surface area (Å²) < 4.78 is 5.64. The number of aromatic nitrogens is 2. The SMILES string of the molecule is O=C1c2ccccc2C(=O)N1CCCCSc1nnc(-c2cccc(Cl)c2)o1. The van der Waals surface area contributed by atoms with E-state index in [9.17, 15) is 9.59 Å². The lowest BCUT2D eigenvalue weighted by Crippen LogP contribution is -2.30. The summed E-state index contributed by atoms with van der Waals surface area (Å²) in [6.45, 7) is 0.407. The molecule has 8 heteroatoms. The summed E-state index contributed by atoms with van der Waals surface area (Å²) in [4.78, 5) is 25.9. The van der Waals surface area contributed by atoms with E-state index in [1.807, 2.05) is 12.1 Å². The van der Waals surface area contributed by atoms with E-state index in [4.69, 9.17) is 16.0 Å². The van der Waals surface area contributed by atoms with Crippen LogP contribution in [0.25, 0.3) is 11.5 Å². The Labute approximate surface area is 170 Å². The molecule has 2 amide bonds. The Morgan fingerprint density at radius 3 is 2.43 bits per heavy atom. The van der Waals surface area contributed by atoms with Gasteiger partial charge in [0.05, 0.1) is 11.1 Å². The first-order valence-corrected chi connectivity index (χ1v) is 10.2. The van der Waals surface area contributed by atoms with Gasteiger partial charge in [0.25, 0.3) is 17.0 Å². The molecule has 28 heavy (non-hydrogen) atoms. The quantitative estimate of drug-likeness (QED) is 0.321. The summed E-state index contributed by atoms with van der Waals surface area (Å²) in [5.74, 6) is 0.754. The largest absolute Gasteiger partial charge is 0.411 e. The molecule has 0 atom stereocenters. The van der Waals surface area contributed by atoms with Gasteiger partial charge in [0.1, 0.15) is 0 Å². The van der Waals surface area contributed by atoms with Crippen molar-refractivity contribution >= 4 is 35.2 Å². The molecule has 1 aromatic heterocycles. The number of fused-ring (bicyclic) bond motifs is 1. The molecule has 2 aromatic carbocycles. The van der Waals surface area contributed by atoms with Gasteiger partial charge in [-0.1, -0.05) is 41.6 Å². The van der Waals surface area contributed by atoms with E-state index in [1.54, 1.807) is 36.4 Å². The summed E-state index contributed by atoms with van der Waals surface area (Å²) >= 11 is 7.43. The third-order valence-electron chi connectivity index (χ3n) is 4.36. The minimum atomic E-state index is -0.212. The second-order valence-corrected chi connectivity index (χ2v) is 7.73. The molecule has 6 nitrogen and oxygen atoms in total. The topological polar surface area (TPSA) is 76.3 Å². The maximum atomic E-state index is 12.3. The maximum absolute atomic E-state index is 12.3. The van der Waals surface area contributed by atoms with Gasteiger partial charge >= 0.3 is 0 Å². The fourth-order valence-corrected chi connectivity index (χ4v) is 3.93.